The second kappa shape index (κ2) is 4.58. The van der Waals surface area contributed by atoms with E-state index >= 15 is 0 Å². The van der Waals surface area contributed by atoms with Gasteiger partial charge in [-0.2, -0.15) is 0 Å². The van der Waals surface area contributed by atoms with Gasteiger partial charge in [-0.15, -0.1) is 11.3 Å². The molecule has 2 N–H and O–H groups in total. The van der Waals surface area contributed by atoms with E-state index in [1.54, 1.807) is 0 Å². The summed E-state index contributed by atoms with van der Waals surface area (Å²) >= 11 is 7.85. The van der Waals surface area contributed by atoms with Gasteiger partial charge in [-0.25, -0.2) is 4.98 Å². The predicted molar refractivity (Wildman–Crippen MR) is 86.9 cm³/mol. The fraction of sp³-hybridized carbons (Fsp3) is 0.267. The Hall–Kier alpha value is -1.36. The minimum atomic E-state index is 0.479. The zero-order valence-electron chi connectivity index (χ0n) is 11.0. The van der Waals surface area contributed by atoms with Gasteiger partial charge < -0.3 is 10.6 Å². The summed E-state index contributed by atoms with van der Waals surface area (Å²) in [6.07, 6.45) is 0. The van der Waals surface area contributed by atoms with Crippen LogP contribution in [0.5, 0.6) is 0 Å². The number of nitrogens with one attached hydrogen (secondary N) is 2. The molecule has 0 saturated carbocycles. The van der Waals surface area contributed by atoms with Gasteiger partial charge in [-0.1, -0.05) is 11.6 Å². The lowest BCUT2D eigenvalue weighted by atomic mass is 10.1. The van der Waals surface area contributed by atoms with E-state index < -0.39 is 0 Å². The van der Waals surface area contributed by atoms with Crippen molar-refractivity contribution in [1.29, 1.82) is 0 Å². The van der Waals surface area contributed by atoms with Gasteiger partial charge in [0.05, 0.1) is 11.2 Å². The molecule has 102 valence electrons. The van der Waals surface area contributed by atoms with Crippen molar-refractivity contribution >= 4 is 49.6 Å². The van der Waals surface area contributed by atoms with Gasteiger partial charge in [0.25, 0.3) is 0 Å². The Labute approximate surface area is 126 Å². The van der Waals surface area contributed by atoms with Crippen LogP contribution in [0.4, 0.5) is 5.69 Å². The molecule has 3 nitrogen and oxygen atoms in total. The third-order valence-electron chi connectivity index (χ3n) is 3.76. The second-order valence-corrected chi connectivity index (χ2v) is 6.73. The fourth-order valence-electron chi connectivity index (χ4n) is 2.73. The highest BCUT2D eigenvalue weighted by Crippen LogP contribution is 2.40. The Morgan fingerprint density at radius 1 is 1.30 bits per heavy atom. The minimum absolute atomic E-state index is 0.479. The summed E-state index contributed by atoms with van der Waals surface area (Å²) < 4.78 is 1.30. The second-order valence-electron chi connectivity index (χ2n) is 5.20. The van der Waals surface area contributed by atoms with Crippen LogP contribution in [-0.2, 0) is 6.54 Å². The van der Waals surface area contributed by atoms with Crippen LogP contribution in [0, 0.1) is 0 Å². The number of anilines is 1. The molecule has 4 rings (SSSR count). The molecule has 0 saturated heterocycles. The largest absolute Gasteiger partial charge is 0.382 e. The van der Waals surface area contributed by atoms with E-state index in [1.165, 1.54) is 26.0 Å². The summed E-state index contributed by atoms with van der Waals surface area (Å²) in [5, 5.41) is 10.1. The quantitative estimate of drug-likeness (QED) is 0.616. The molecule has 1 aromatic carbocycles. The summed E-state index contributed by atoms with van der Waals surface area (Å²) in [6, 6.07) is 8.61. The molecule has 0 fully saturated rings. The van der Waals surface area contributed by atoms with Crippen LogP contribution in [0.25, 0.3) is 21.0 Å². The maximum atomic E-state index is 6.00. The number of fused-ring (bicyclic) bond motifs is 5. The van der Waals surface area contributed by atoms with Crippen LogP contribution in [0.3, 0.4) is 0 Å². The molecule has 0 amide bonds. The standard InChI is InChI=1S/C15H14ClN3S/c1-8-6-18-15-12(7-17-8)20-11-4-3-10-9(14(11)15)2-5-13(16)19-10/h2-5,8,17-18H,6-7H2,1H3/t8-/m1/s1. The topological polar surface area (TPSA) is 37.0 Å². The monoisotopic (exact) mass is 303 g/mol. The molecule has 0 spiro atoms. The maximum Gasteiger partial charge on any atom is 0.129 e. The molecule has 3 aromatic rings. The third kappa shape index (κ3) is 1.87. The van der Waals surface area contributed by atoms with Gasteiger partial charge >= 0.3 is 0 Å². The molecule has 1 atom stereocenters. The van der Waals surface area contributed by atoms with E-state index in [1.807, 2.05) is 17.4 Å². The van der Waals surface area contributed by atoms with Crippen molar-refractivity contribution in [3.05, 3.63) is 34.3 Å². The van der Waals surface area contributed by atoms with Gasteiger partial charge in [-0.3, -0.25) is 0 Å². The minimum Gasteiger partial charge on any atom is -0.382 e. The molecular formula is C15H14ClN3S. The number of thiophene rings is 1. The normalized spacial score (nSPS) is 18.8. The number of rotatable bonds is 0. The first-order valence-corrected chi connectivity index (χ1v) is 7.90. The van der Waals surface area contributed by atoms with Crippen molar-refractivity contribution in [3.63, 3.8) is 0 Å². The summed E-state index contributed by atoms with van der Waals surface area (Å²) in [5.41, 5.74) is 2.22. The zero-order valence-corrected chi connectivity index (χ0v) is 12.6. The number of aromatic nitrogens is 1. The van der Waals surface area contributed by atoms with Crippen molar-refractivity contribution in [3.8, 4) is 0 Å². The lowest BCUT2D eigenvalue weighted by molar-refractivity contribution is 0.584. The molecule has 1 aliphatic rings. The Morgan fingerprint density at radius 3 is 3.10 bits per heavy atom. The highest BCUT2D eigenvalue weighted by Gasteiger charge is 2.18. The van der Waals surface area contributed by atoms with Crippen LogP contribution in [-0.4, -0.2) is 17.6 Å². The number of pyridine rings is 1. The van der Waals surface area contributed by atoms with E-state index in [9.17, 15) is 0 Å². The van der Waals surface area contributed by atoms with Crippen LogP contribution in [0.15, 0.2) is 24.3 Å². The Bertz CT molecular complexity index is 812. The van der Waals surface area contributed by atoms with E-state index in [0.717, 1.165) is 18.6 Å². The number of hydrogen-bond donors (Lipinski definition) is 2. The Kier molecular flexibility index (Phi) is 2.84. The van der Waals surface area contributed by atoms with E-state index in [4.69, 9.17) is 11.6 Å². The lowest BCUT2D eigenvalue weighted by Gasteiger charge is -2.09. The van der Waals surface area contributed by atoms with Crippen molar-refractivity contribution in [2.24, 2.45) is 0 Å². The number of hydrogen-bond acceptors (Lipinski definition) is 4. The van der Waals surface area contributed by atoms with Gasteiger partial charge in [0.15, 0.2) is 0 Å². The average Bonchev–Trinajstić information content (AvgIpc) is 2.70. The average molecular weight is 304 g/mol. The van der Waals surface area contributed by atoms with Crippen LogP contribution >= 0.6 is 22.9 Å². The van der Waals surface area contributed by atoms with Crippen molar-refractivity contribution in [2.75, 3.05) is 11.9 Å². The number of nitrogens with zero attached hydrogens (tertiary/aromatic N) is 1. The summed E-state index contributed by atoms with van der Waals surface area (Å²) in [5.74, 6) is 0. The number of benzene rings is 1. The lowest BCUT2D eigenvalue weighted by Crippen LogP contribution is -2.29. The maximum absolute atomic E-state index is 6.00. The van der Waals surface area contributed by atoms with Crippen molar-refractivity contribution < 1.29 is 0 Å². The Balaban J connectivity index is 2.04. The van der Waals surface area contributed by atoms with E-state index in [-0.39, 0.29) is 0 Å². The van der Waals surface area contributed by atoms with Crippen LogP contribution in [0.1, 0.15) is 11.8 Å². The molecular weight excluding hydrogens is 290 g/mol. The summed E-state index contributed by atoms with van der Waals surface area (Å²) in [6.45, 7) is 4.06. The third-order valence-corrected chi connectivity index (χ3v) is 5.12. The van der Waals surface area contributed by atoms with E-state index in [0.29, 0.717) is 11.2 Å². The van der Waals surface area contributed by atoms with Crippen LogP contribution < -0.4 is 10.6 Å². The van der Waals surface area contributed by atoms with Crippen LogP contribution in [0.2, 0.25) is 5.15 Å². The van der Waals surface area contributed by atoms with E-state index in [2.05, 4.69) is 40.7 Å². The molecule has 3 heterocycles. The molecule has 0 radical (unpaired) electrons. The zero-order chi connectivity index (χ0) is 13.7. The molecule has 5 heteroatoms. The Morgan fingerprint density at radius 2 is 2.20 bits per heavy atom. The van der Waals surface area contributed by atoms with Gasteiger partial charge in [0.1, 0.15) is 5.15 Å². The fourth-order valence-corrected chi connectivity index (χ4v) is 4.03. The molecule has 1 aliphatic heterocycles. The molecule has 2 aromatic heterocycles. The van der Waals surface area contributed by atoms with Crippen molar-refractivity contribution in [2.45, 2.75) is 19.5 Å². The predicted octanol–water partition coefficient (Wildman–Crippen LogP) is 4.01. The molecule has 0 aliphatic carbocycles. The molecule has 0 unspecified atom stereocenters. The van der Waals surface area contributed by atoms with Gasteiger partial charge in [-0.05, 0) is 31.2 Å². The first-order chi connectivity index (χ1) is 9.72. The number of halogens is 1. The van der Waals surface area contributed by atoms with Crippen molar-refractivity contribution in [1.82, 2.24) is 10.3 Å². The summed E-state index contributed by atoms with van der Waals surface area (Å²) in [4.78, 5) is 5.79. The van der Waals surface area contributed by atoms with Gasteiger partial charge in [0.2, 0.25) is 0 Å². The highest BCUT2D eigenvalue weighted by molar-refractivity contribution is 7.20. The first-order valence-electron chi connectivity index (χ1n) is 6.70. The SMILES string of the molecule is C[C@@H]1CNc2c(sc3ccc4nc(Cl)ccc4c23)CN1. The smallest absolute Gasteiger partial charge is 0.129 e. The molecule has 20 heavy (non-hydrogen) atoms. The highest BCUT2D eigenvalue weighted by atomic mass is 35.5. The molecule has 0 bridgehead atoms. The summed E-state index contributed by atoms with van der Waals surface area (Å²) in [7, 11) is 0. The first kappa shape index (κ1) is 12.4. The van der Waals surface area contributed by atoms with Gasteiger partial charge in [0, 0.05) is 39.5 Å².